The highest BCUT2D eigenvalue weighted by Gasteiger charge is 2.35. The third-order valence-electron chi connectivity index (χ3n) is 4.83. The normalized spacial score (nSPS) is 17.3. The molecular formula is C19H21N3O2. The molecule has 1 aromatic heterocycles. The van der Waals surface area contributed by atoms with Crippen LogP contribution >= 0.6 is 0 Å². The van der Waals surface area contributed by atoms with Gasteiger partial charge in [-0.05, 0) is 35.4 Å². The number of fused-ring (bicyclic) bond motifs is 1. The lowest BCUT2D eigenvalue weighted by Crippen LogP contribution is -2.39. The molecule has 24 heavy (non-hydrogen) atoms. The lowest BCUT2D eigenvalue weighted by molar-refractivity contribution is 0.192. The lowest BCUT2D eigenvalue weighted by Gasteiger charge is -2.23. The molecule has 1 saturated carbocycles. The first kappa shape index (κ1) is 15.0. The van der Waals surface area contributed by atoms with E-state index in [0.717, 1.165) is 18.4 Å². The van der Waals surface area contributed by atoms with Crippen LogP contribution in [0.1, 0.15) is 35.6 Å². The SMILES string of the molecule is COc1ccc(C(NC(=O)N2Cc3ccccc3C2)C2CC2)cn1. The van der Waals surface area contributed by atoms with Gasteiger partial charge in [0, 0.05) is 25.4 Å². The van der Waals surface area contributed by atoms with E-state index in [9.17, 15) is 4.79 Å². The maximum absolute atomic E-state index is 12.7. The first-order valence-electron chi connectivity index (χ1n) is 8.37. The van der Waals surface area contributed by atoms with Crippen LogP contribution in [0.3, 0.4) is 0 Å². The third-order valence-corrected chi connectivity index (χ3v) is 4.83. The molecule has 0 spiro atoms. The summed E-state index contributed by atoms with van der Waals surface area (Å²) in [6, 6.07) is 12.1. The smallest absolute Gasteiger partial charge is 0.318 e. The van der Waals surface area contributed by atoms with Crippen molar-refractivity contribution < 1.29 is 9.53 Å². The molecule has 1 aliphatic heterocycles. The summed E-state index contributed by atoms with van der Waals surface area (Å²) >= 11 is 0. The largest absolute Gasteiger partial charge is 0.481 e. The zero-order chi connectivity index (χ0) is 16.5. The molecule has 5 heteroatoms. The van der Waals surface area contributed by atoms with Crippen molar-refractivity contribution in [3.05, 3.63) is 59.3 Å². The molecule has 1 unspecified atom stereocenters. The highest BCUT2D eigenvalue weighted by molar-refractivity contribution is 5.75. The number of methoxy groups -OCH3 is 1. The number of aromatic nitrogens is 1. The Kier molecular flexibility index (Phi) is 3.84. The minimum atomic E-state index is -0.00100. The molecule has 1 N–H and O–H groups in total. The predicted molar refractivity (Wildman–Crippen MR) is 90.5 cm³/mol. The Hall–Kier alpha value is -2.56. The number of carbonyl (C=O) groups is 1. The topological polar surface area (TPSA) is 54.5 Å². The Balaban J connectivity index is 1.46. The number of urea groups is 1. The zero-order valence-electron chi connectivity index (χ0n) is 13.7. The quantitative estimate of drug-likeness (QED) is 0.939. The van der Waals surface area contributed by atoms with Crippen molar-refractivity contribution in [2.24, 2.45) is 5.92 Å². The van der Waals surface area contributed by atoms with E-state index in [2.05, 4.69) is 22.4 Å². The van der Waals surface area contributed by atoms with E-state index in [1.807, 2.05) is 29.2 Å². The van der Waals surface area contributed by atoms with Gasteiger partial charge >= 0.3 is 6.03 Å². The number of pyridine rings is 1. The summed E-state index contributed by atoms with van der Waals surface area (Å²) in [6.07, 6.45) is 4.11. The van der Waals surface area contributed by atoms with Gasteiger partial charge in [-0.2, -0.15) is 0 Å². The van der Waals surface area contributed by atoms with Gasteiger partial charge in [0.25, 0.3) is 0 Å². The number of ether oxygens (including phenoxy) is 1. The highest BCUT2D eigenvalue weighted by atomic mass is 16.5. The summed E-state index contributed by atoms with van der Waals surface area (Å²) < 4.78 is 5.12. The summed E-state index contributed by atoms with van der Waals surface area (Å²) in [7, 11) is 1.60. The monoisotopic (exact) mass is 323 g/mol. The van der Waals surface area contributed by atoms with Gasteiger partial charge in [-0.15, -0.1) is 0 Å². The van der Waals surface area contributed by atoms with Crippen LogP contribution in [0.15, 0.2) is 42.6 Å². The fraction of sp³-hybridized carbons (Fsp3) is 0.368. The fourth-order valence-electron chi connectivity index (χ4n) is 3.30. The molecule has 0 bridgehead atoms. The Morgan fingerprint density at radius 2 is 1.92 bits per heavy atom. The Morgan fingerprint density at radius 1 is 1.21 bits per heavy atom. The number of rotatable bonds is 4. The average Bonchev–Trinajstić information content (AvgIpc) is 3.37. The van der Waals surface area contributed by atoms with Crippen LogP contribution in [-0.4, -0.2) is 23.0 Å². The van der Waals surface area contributed by atoms with E-state index in [4.69, 9.17) is 4.74 Å². The van der Waals surface area contributed by atoms with Gasteiger partial charge in [0.15, 0.2) is 0 Å². The van der Waals surface area contributed by atoms with Gasteiger partial charge in [0.2, 0.25) is 5.88 Å². The number of carbonyl (C=O) groups excluding carboxylic acids is 1. The highest BCUT2D eigenvalue weighted by Crippen LogP contribution is 2.41. The van der Waals surface area contributed by atoms with Crippen molar-refractivity contribution >= 4 is 6.03 Å². The molecule has 2 aliphatic rings. The minimum Gasteiger partial charge on any atom is -0.481 e. The van der Waals surface area contributed by atoms with Crippen LogP contribution in [0.4, 0.5) is 4.79 Å². The molecule has 0 saturated heterocycles. The molecule has 1 fully saturated rings. The van der Waals surface area contributed by atoms with Crippen molar-refractivity contribution in [3.63, 3.8) is 0 Å². The maximum Gasteiger partial charge on any atom is 0.318 e. The molecule has 2 heterocycles. The Morgan fingerprint density at radius 3 is 2.46 bits per heavy atom. The van der Waals surface area contributed by atoms with Crippen molar-refractivity contribution in [3.8, 4) is 5.88 Å². The van der Waals surface area contributed by atoms with Crippen LogP contribution in [0.2, 0.25) is 0 Å². The molecule has 5 nitrogen and oxygen atoms in total. The molecular weight excluding hydrogens is 302 g/mol. The average molecular weight is 323 g/mol. The van der Waals surface area contributed by atoms with Gasteiger partial charge in [0.1, 0.15) is 0 Å². The molecule has 2 amide bonds. The van der Waals surface area contributed by atoms with E-state index in [-0.39, 0.29) is 12.1 Å². The van der Waals surface area contributed by atoms with E-state index >= 15 is 0 Å². The molecule has 4 rings (SSSR count). The van der Waals surface area contributed by atoms with Crippen molar-refractivity contribution in [1.29, 1.82) is 0 Å². The number of hydrogen-bond acceptors (Lipinski definition) is 3. The fourth-order valence-corrected chi connectivity index (χ4v) is 3.30. The second-order valence-corrected chi connectivity index (χ2v) is 6.52. The Bertz CT molecular complexity index is 716. The Labute approximate surface area is 141 Å². The lowest BCUT2D eigenvalue weighted by atomic mass is 10.0. The third kappa shape index (κ3) is 2.94. The van der Waals surface area contributed by atoms with E-state index in [1.54, 1.807) is 13.3 Å². The van der Waals surface area contributed by atoms with Gasteiger partial charge in [-0.25, -0.2) is 9.78 Å². The number of nitrogens with zero attached hydrogens (tertiary/aromatic N) is 2. The van der Waals surface area contributed by atoms with Crippen LogP contribution in [0.5, 0.6) is 5.88 Å². The maximum atomic E-state index is 12.7. The first-order chi connectivity index (χ1) is 11.7. The van der Waals surface area contributed by atoms with Crippen molar-refractivity contribution in [2.75, 3.05) is 7.11 Å². The number of amides is 2. The summed E-state index contributed by atoms with van der Waals surface area (Å²) in [4.78, 5) is 18.9. The second kappa shape index (κ2) is 6.15. The number of hydrogen-bond donors (Lipinski definition) is 1. The molecule has 0 radical (unpaired) electrons. The molecule has 1 aliphatic carbocycles. The standard InChI is InChI=1S/C19H21N3O2/c1-24-17-9-8-14(10-20-17)18(13-6-7-13)21-19(23)22-11-15-4-2-3-5-16(15)12-22/h2-5,8-10,13,18H,6-7,11-12H2,1H3,(H,21,23). The van der Waals surface area contributed by atoms with E-state index in [0.29, 0.717) is 24.9 Å². The first-order valence-corrected chi connectivity index (χ1v) is 8.37. The van der Waals surface area contributed by atoms with Gasteiger partial charge in [-0.1, -0.05) is 30.3 Å². The van der Waals surface area contributed by atoms with Crippen LogP contribution in [0, 0.1) is 5.92 Å². The summed E-state index contributed by atoms with van der Waals surface area (Å²) in [5, 5.41) is 3.22. The van der Waals surface area contributed by atoms with Crippen LogP contribution in [-0.2, 0) is 13.1 Å². The van der Waals surface area contributed by atoms with Crippen LogP contribution < -0.4 is 10.1 Å². The minimum absolute atomic E-state index is 0.00100. The van der Waals surface area contributed by atoms with E-state index < -0.39 is 0 Å². The van der Waals surface area contributed by atoms with Crippen molar-refractivity contribution in [2.45, 2.75) is 32.0 Å². The number of nitrogens with one attached hydrogen (secondary N) is 1. The number of benzene rings is 1. The van der Waals surface area contributed by atoms with Crippen LogP contribution in [0.25, 0.3) is 0 Å². The summed E-state index contributed by atoms with van der Waals surface area (Å²) in [5.74, 6) is 1.10. The predicted octanol–water partition coefficient (Wildman–Crippen LogP) is 3.27. The molecule has 1 atom stereocenters. The van der Waals surface area contributed by atoms with Gasteiger partial charge in [-0.3, -0.25) is 0 Å². The summed E-state index contributed by atoms with van der Waals surface area (Å²) in [5.41, 5.74) is 3.52. The van der Waals surface area contributed by atoms with Gasteiger partial charge < -0.3 is 15.0 Å². The zero-order valence-corrected chi connectivity index (χ0v) is 13.7. The van der Waals surface area contributed by atoms with E-state index in [1.165, 1.54) is 11.1 Å². The molecule has 2 aromatic rings. The molecule has 1 aromatic carbocycles. The van der Waals surface area contributed by atoms with Gasteiger partial charge in [0.05, 0.1) is 13.2 Å². The van der Waals surface area contributed by atoms with Crippen molar-refractivity contribution in [1.82, 2.24) is 15.2 Å². The summed E-state index contributed by atoms with van der Waals surface area (Å²) in [6.45, 7) is 1.36. The molecule has 124 valence electrons. The second-order valence-electron chi connectivity index (χ2n) is 6.52.